The first-order valence-electron chi connectivity index (χ1n) is 6.02. The van der Waals surface area contributed by atoms with Crippen LogP contribution in [0.5, 0.6) is 0 Å². The SMILES string of the molecule is CSC1=N[C@H](c2cccc(F)c2)COC1.O=S(=O)(O)C(F)(F)F. The summed E-state index contributed by atoms with van der Waals surface area (Å²) in [6.07, 6.45) is 1.97. The molecule has 1 atom stereocenters. The normalized spacial score (nSPS) is 18.7. The van der Waals surface area contributed by atoms with Crippen LogP contribution >= 0.6 is 11.8 Å². The summed E-state index contributed by atoms with van der Waals surface area (Å²) in [7, 11) is -5.84. The van der Waals surface area contributed by atoms with E-state index in [1.54, 1.807) is 17.8 Å². The molecule has 1 aliphatic heterocycles. The number of ether oxygens (including phenoxy) is 1. The lowest BCUT2D eigenvalue weighted by molar-refractivity contribution is -0.0510. The number of thioether (sulfide) groups is 1. The van der Waals surface area contributed by atoms with Gasteiger partial charge in [-0.1, -0.05) is 12.1 Å². The van der Waals surface area contributed by atoms with Crippen LogP contribution in [-0.2, 0) is 14.9 Å². The van der Waals surface area contributed by atoms with Crippen molar-refractivity contribution in [1.82, 2.24) is 0 Å². The molecule has 0 radical (unpaired) electrons. The van der Waals surface area contributed by atoms with Gasteiger partial charge in [0.05, 0.1) is 24.3 Å². The molecule has 1 heterocycles. The van der Waals surface area contributed by atoms with Gasteiger partial charge < -0.3 is 4.74 Å². The van der Waals surface area contributed by atoms with Gasteiger partial charge in [0.15, 0.2) is 0 Å². The third kappa shape index (κ3) is 6.45. The van der Waals surface area contributed by atoms with Gasteiger partial charge in [-0.15, -0.1) is 11.8 Å². The number of rotatable bonds is 1. The number of benzene rings is 1. The summed E-state index contributed by atoms with van der Waals surface area (Å²) in [6.45, 7) is 1.11. The molecule has 1 aromatic rings. The second-order valence-corrected chi connectivity index (χ2v) is 6.53. The standard InChI is InChI=1S/C11H12FNOS.CHF3O3S/c1-15-11-7-14-6-10(13-11)8-3-2-4-9(12)5-8;2-1(3,4)8(5,6)7/h2-5,10H,6-7H2,1H3;(H,5,6,7)/t10-;/m0./s1. The minimum absolute atomic E-state index is 0.0584. The lowest BCUT2D eigenvalue weighted by atomic mass is 10.1. The molecular formula is C12H13F4NO4S2. The molecule has 1 aliphatic rings. The van der Waals surface area contributed by atoms with Crippen LogP contribution in [0.1, 0.15) is 11.6 Å². The summed E-state index contributed by atoms with van der Waals surface area (Å²) in [5.41, 5.74) is -4.66. The molecule has 0 spiro atoms. The number of aliphatic imine (C=N–C) groups is 1. The van der Waals surface area contributed by atoms with E-state index in [4.69, 9.17) is 17.7 Å². The number of alkyl halides is 3. The van der Waals surface area contributed by atoms with Crippen LogP contribution in [0, 0.1) is 5.82 Å². The molecule has 0 unspecified atom stereocenters. The lowest BCUT2D eigenvalue weighted by Crippen LogP contribution is -2.21. The number of nitrogens with zero attached hydrogens (tertiary/aromatic N) is 1. The molecule has 5 nitrogen and oxygen atoms in total. The van der Waals surface area contributed by atoms with E-state index in [2.05, 4.69) is 4.99 Å². The van der Waals surface area contributed by atoms with Crippen LogP contribution in [-0.4, -0.2) is 43.0 Å². The van der Waals surface area contributed by atoms with Gasteiger partial charge in [-0.2, -0.15) is 21.6 Å². The van der Waals surface area contributed by atoms with E-state index in [1.165, 1.54) is 12.1 Å². The fourth-order valence-electron chi connectivity index (χ4n) is 1.50. The molecule has 130 valence electrons. The third-order valence-electron chi connectivity index (χ3n) is 2.56. The zero-order valence-corrected chi connectivity index (χ0v) is 13.4. The van der Waals surface area contributed by atoms with Crippen molar-refractivity contribution in [2.45, 2.75) is 11.6 Å². The Balaban J connectivity index is 0.000000284. The Hall–Kier alpha value is -1.17. The Bertz CT molecular complexity index is 661. The Morgan fingerprint density at radius 3 is 2.48 bits per heavy atom. The predicted octanol–water partition coefficient (Wildman–Crippen LogP) is 3.05. The second-order valence-electron chi connectivity index (χ2n) is 4.23. The van der Waals surface area contributed by atoms with Crippen LogP contribution in [0.4, 0.5) is 17.6 Å². The van der Waals surface area contributed by atoms with Crippen molar-refractivity contribution in [2.75, 3.05) is 19.5 Å². The first-order valence-corrected chi connectivity index (χ1v) is 8.68. The topological polar surface area (TPSA) is 76.0 Å². The minimum atomic E-state index is -5.84. The van der Waals surface area contributed by atoms with Gasteiger partial charge in [-0.3, -0.25) is 9.55 Å². The Morgan fingerprint density at radius 2 is 2.00 bits per heavy atom. The maximum atomic E-state index is 13.0. The fourth-order valence-corrected chi connectivity index (χ4v) is 1.94. The highest BCUT2D eigenvalue weighted by molar-refractivity contribution is 8.13. The van der Waals surface area contributed by atoms with E-state index >= 15 is 0 Å². The van der Waals surface area contributed by atoms with E-state index in [9.17, 15) is 17.6 Å². The van der Waals surface area contributed by atoms with Gasteiger partial charge in [0.1, 0.15) is 5.82 Å². The van der Waals surface area contributed by atoms with Crippen LogP contribution in [0.2, 0.25) is 0 Å². The molecule has 0 bridgehead atoms. The molecule has 1 aromatic carbocycles. The zero-order valence-electron chi connectivity index (χ0n) is 11.7. The first kappa shape index (κ1) is 19.9. The summed E-state index contributed by atoms with van der Waals surface area (Å²) >= 11 is 1.58. The van der Waals surface area contributed by atoms with Crippen LogP contribution in [0.15, 0.2) is 29.3 Å². The van der Waals surface area contributed by atoms with Gasteiger partial charge in [0.2, 0.25) is 0 Å². The van der Waals surface area contributed by atoms with Crippen LogP contribution in [0.25, 0.3) is 0 Å². The average molecular weight is 375 g/mol. The zero-order chi connectivity index (χ0) is 17.7. The van der Waals surface area contributed by atoms with Gasteiger partial charge in [0, 0.05) is 0 Å². The first-order chi connectivity index (χ1) is 10.5. The number of halogens is 4. The van der Waals surface area contributed by atoms with E-state index < -0.39 is 15.6 Å². The van der Waals surface area contributed by atoms with E-state index in [0.717, 1.165) is 10.6 Å². The molecule has 11 heteroatoms. The maximum Gasteiger partial charge on any atom is 0.522 e. The summed E-state index contributed by atoms with van der Waals surface area (Å²) < 4.78 is 76.0. The number of hydrogen-bond acceptors (Lipinski definition) is 5. The van der Waals surface area contributed by atoms with Gasteiger partial charge in [0.25, 0.3) is 0 Å². The monoisotopic (exact) mass is 375 g/mol. The summed E-state index contributed by atoms with van der Waals surface area (Å²) in [4.78, 5) is 4.50. The second kappa shape index (κ2) is 8.08. The van der Waals surface area contributed by atoms with Gasteiger partial charge in [-0.05, 0) is 24.0 Å². The van der Waals surface area contributed by atoms with Crippen molar-refractivity contribution in [1.29, 1.82) is 0 Å². The highest BCUT2D eigenvalue weighted by Gasteiger charge is 2.44. The molecule has 0 aromatic heterocycles. The van der Waals surface area contributed by atoms with Crippen molar-refractivity contribution in [2.24, 2.45) is 4.99 Å². The van der Waals surface area contributed by atoms with E-state index in [-0.39, 0.29) is 11.9 Å². The van der Waals surface area contributed by atoms with Crippen molar-refractivity contribution in [3.05, 3.63) is 35.6 Å². The fraction of sp³-hybridized carbons (Fsp3) is 0.417. The Kier molecular flexibility index (Phi) is 6.99. The predicted molar refractivity (Wildman–Crippen MR) is 78.5 cm³/mol. The lowest BCUT2D eigenvalue weighted by Gasteiger charge is -2.20. The van der Waals surface area contributed by atoms with Gasteiger partial charge in [-0.25, -0.2) is 4.39 Å². The summed E-state index contributed by atoms with van der Waals surface area (Å²) in [6, 6.07) is 6.47. The molecule has 0 fully saturated rings. The van der Waals surface area contributed by atoms with Crippen LogP contribution in [0.3, 0.4) is 0 Å². The van der Waals surface area contributed by atoms with Crippen molar-refractivity contribution in [3.8, 4) is 0 Å². The van der Waals surface area contributed by atoms with Crippen molar-refractivity contribution >= 4 is 26.9 Å². The molecule has 0 aliphatic carbocycles. The highest BCUT2D eigenvalue weighted by Crippen LogP contribution is 2.23. The summed E-state index contributed by atoms with van der Waals surface area (Å²) in [5.74, 6) is -0.223. The summed E-state index contributed by atoms with van der Waals surface area (Å²) in [5, 5.41) is 0.968. The molecule has 23 heavy (non-hydrogen) atoms. The largest absolute Gasteiger partial charge is 0.522 e. The highest BCUT2D eigenvalue weighted by atomic mass is 32.2. The molecule has 2 rings (SSSR count). The Labute approximate surface area is 134 Å². The molecule has 0 saturated carbocycles. The molecule has 1 N–H and O–H groups in total. The molecule has 0 saturated heterocycles. The molecular weight excluding hydrogens is 362 g/mol. The quantitative estimate of drug-likeness (QED) is 0.464. The average Bonchev–Trinajstić information content (AvgIpc) is 2.46. The maximum absolute atomic E-state index is 13.0. The third-order valence-corrected chi connectivity index (χ3v) is 3.84. The molecule has 0 amide bonds. The smallest absolute Gasteiger partial charge is 0.372 e. The van der Waals surface area contributed by atoms with Crippen LogP contribution < -0.4 is 0 Å². The van der Waals surface area contributed by atoms with Crippen molar-refractivity contribution in [3.63, 3.8) is 0 Å². The van der Waals surface area contributed by atoms with Gasteiger partial charge >= 0.3 is 15.6 Å². The minimum Gasteiger partial charge on any atom is -0.372 e. The van der Waals surface area contributed by atoms with Crippen molar-refractivity contribution < 1.29 is 35.3 Å². The number of hydrogen-bond donors (Lipinski definition) is 1. The van der Waals surface area contributed by atoms with E-state index in [0.29, 0.717) is 13.2 Å². The van der Waals surface area contributed by atoms with E-state index in [1.807, 2.05) is 12.3 Å². The Morgan fingerprint density at radius 1 is 1.39 bits per heavy atom.